The number of fused-ring (bicyclic) bond motifs is 8. The number of methoxy groups -OCH3 is 3. The number of urea groups is 1. The van der Waals surface area contributed by atoms with Crippen molar-refractivity contribution in [1.29, 1.82) is 0 Å². The third-order valence-corrected chi connectivity index (χ3v) is 25.0. The van der Waals surface area contributed by atoms with Crippen LogP contribution >= 0.6 is 43.5 Å². The highest BCUT2D eigenvalue weighted by atomic mass is 79.9. The summed E-state index contributed by atoms with van der Waals surface area (Å²) in [5.41, 5.74) is 7.28. The lowest BCUT2D eigenvalue weighted by Gasteiger charge is -2.63. The Morgan fingerprint density at radius 3 is 2.26 bits per heavy atom. The molecule has 11 atom stereocenters. The number of rotatable bonds is 11. The SMILES string of the molecule is CC[C@]1(O)C[C@@H]2CN(CCc3c([nH]c4ccccc34)[C@@](C(=O)OC)(c3cc4c(cc3OC)N(C=O)[C@H]3[C@@](O)(C(=O)OC)[C@H](OC(C)=O)[C@]5(CC)C=CCN6CC[C@]43[C@@H]65)C2)C1.NC(=O)N1CCC(CC(=O)N2CCC([C@H]3c4ncc(Br)cc4CCc4cc(Cl)cc(Br)c43)CC2)CC1. The summed E-state index contributed by atoms with van der Waals surface area (Å²) in [6.45, 7) is 11.0. The number of pyridine rings is 1. The van der Waals surface area contributed by atoms with Crippen molar-refractivity contribution >= 4 is 96.3 Å². The molecule has 9 aliphatic rings. The van der Waals surface area contributed by atoms with Gasteiger partial charge in [0.2, 0.25) is 17.9 Å². The summed E-state index contributed by atoms with van der Waals surface area (Å²) in [6, 6.07) is 15.9. The first-order chi connectivity index (χ1) is 46.1. The van der Waals surface area contributed by atoms with Crippen LogP contribution in [0.15, 0.2) is 81.9 Å². The number of nitrogens with zero attached hydrogens (tertiary/aromatic N) is 6. The highest BCUT2D eigenvalue weighted by Crippen LogP contribution is 2.68. The van der Waals surface area contributed by atoms with Gasteiger partial charge < -0.3 is 54.6 Å². The summed E-state index contributed by atoms with van der Waals surface area (Å²) in [6.07, 6.45) is 13.8. The minimum atomic E-state index is -2.53. The molecule has 2 aromatic heterocycles. The maximum Gasteiger partial charge on any atom is 0.344 e. The van der Waals surface area contributed by atoms with Crippen LogP contribution in [-0.2, 0) is 68.3 Å². The van der Waals surface area contributed by atoms with Crippen LogP contribution in [0.2, 0.25) is 5.02 Å². The molecule has 14 rings (SSSR count). The van der Waals surface area contributed by atoms with Crippen LogP contribution in [0.25, 0.3) is 10.9 Å². The second-order valence-electron chi connectivity index (χ2n) is 28.4. The summed E-state index contributed by atoms with van der Waals surface area (Å²) < 4.78 is 25.7. The van der Waals surface area contributed by atoms with Crippen molar-refractivity contribution in [3.63, 3.8) is 0 Å². The summed E-state index contributed by atoms with van der Waals surface area (Å²) >= 11 is 13.9. The lowest BCUT2D eigenvalue weighted by molar-refractivity contribution is -0.228. The van der Waals surface area contributed by atoms with Gasteiger partial charge in [0.25, 0.3) is 0 Å². The lowest BCUT2D eigenvalue weighted by atomic mass is 9.47. The fourth-order valence-corrected chi connectivity index (χ4v) is 21.1. The predicted octanol–water partition coefficient (Wildman–Crippen LogP) is 9.43. The number of likely N-dealkylation sites (tertiary alicyclic amines) is 2. The fraction of sp³-hybridized carbons (Fsp3) is 0.548. The van der Waals surface area contributed by atoms with Crippen molar-refractivity contribution in [2.45, 2.75) is 150 Å². The van der Waals surface area contributed by atoms with Gasteiger partial charge in [0.1, 0.15) is 11.2 Å². The number of ether oxygens (including phenoxy) is 4. The highest BCUT2D eigenvalue weighted by molar-refractivity contribution is 9.10. The van der Waals surface area contributed by atoms with Crippen molar-refractivity contribution in [2.75, 3.05) is 85.1 Å². The molecule has 1 spiro atoms. The lowest BCUT2D eigenvalue weighted by Crippen LogP contribution is -2.81. The van der Waals surface area contributed by atoms with Crippen LogP contribution in [0.3, 0.4) is 0 Å². The summed E-state index contributed by atoms with van der Waals surface area (Å²) in [5, 5.41) is 27.0. The number of aromatic amines is 1. The minimum Gasteiger partial charge on any atom is -0.496 e. The van der Waals surface area contributed by atoms with Gasteiger partial charge in [-0.3, -0.25) is 34.0 Å². The Labute approximate surface area is 582 Å². The number of hydrogen-bond acceptors (Lipinski definition) is 15. The number of amides is 4. The van der Waals surface area contributed by atoms with Crippen molar-refractivity contribution in [2.24, 2.45) is 28.9 Å². The van der Waals surface area contributed by atoms with Gasteiger partial charge in [-0.2, -0.15) is 0 Å². The molecule has 5 N–H and O–H groups in total. The van der Waals surface area contributed by atoms with Gasteiger partial charge >= 0.3 is 23.9 Å². The molecule has 23 heteroatoms. The van der Waals surface area contributed by atoms with E-state index in [1.807, 2.05) is 67.4 Å². The number of nitrogens with two attached hydrogens (primary N) is 1. The number of carbonyl (C=O) groups excluding carboxylic acids is 6. The van der Waals surface area contributed by atoms with Crippen LogP contribution in [0.4, 0.5) is 10.5 Å². The molecule has 96 heavy (non-hydrogen) atoms. The summed E-state index contributed by atoms with van der Waals surface area (Å²) in [7, 11) is 4.09. The zero-order valence-electron chi connectivity index (χ0n) is 55.5. The Hall–Kier alpha value is -6.40. The first-order valence-corrected chi connectivity index (χ1v) is 36.0. The number of esters is 3. The molecule has 7 aliphatic heterocycles. The normalized spacial score (nSPS) is 30.7. The molecule has 20 nitrogen and oxygen atoms in total. The standard InChI is InChI=1S/C46H56N4O10.C27H31Br2ClN4O2/c1-7-42(55)22-28-23-45(40(53)58-5,36-30(14-18-48(24-28)25-42)29-12-9-10-13-33(29)47-36)32-20-31-34(21-35(32)57-4)50(26-51)38-44(31)16-19-49-17-11-15-43(8-2,37(44)49)39(60-27(3)52)46(38,56)41(54)59-6;28-20-12-19-2-1-18-13-21(30)14-22(29)24(18)25(26(19)32-15-20)17-5-9-33(10-6-17)23(35)11-16-3-7-34(8-4-16)27(31)36/h9-13,15,20-21,26,28,37-39,47,55-56H,7-8,14,16-19,22-25H2,1-6H3;12-17,25H,1-11H2,(H2,31,36)/t28-,37-,38+,39+,42-,43+,44+,45-,46-;25-/m01/s1. The van der Waals surface area contributed by atoms with E-state index in [4.69, 9.17) is 41.3 Å². The van der Waals surface area contributed by atoms with E-state index in [9.17, 15) is 34.2 Å². The fourth-order valence-electron chi connectivity index (χ4n) is 19.6. The van der Waals surface area contributed by atoms with E-state index in [2.05, 4.69) is 64.8 Å². The first-order valence-electron chi connectivity index (χ1n) is 34.0. The zero-order chi connectivity index (χ0) is 68.0. The van der Waals surface area contributed by atoms with Crippen molar-refractivity contribution in [1.82, 2.24) is 29.6 Å². The van der Waals surface area contributed by atoms with E-state index in [0.29, 0.717) is 131 Å². The van der Waals surface area contributed by atoms with Gasteiger partial charge in [-0.15, -0.1) is 0 Å². The van der Waals surface area contributed by atoms with E-state index in [0.717, 1.165) is 87.7 Å². The number of H-pyrrole nitrogens is 1. The Bertz CT molecular complexity index is 3950. The van der Waals surface area contributed by atoms with E-state index in [1.165, 1.54) is 49.8 Å². The third-order valence-electron chi connectivity index (χ3n) is 23.7. The molecule has 5 aromatic rings. The number of carbonyl (C=O) groups is 6. The molecular weight excluding hydrogens is 1380 g/mol. The van der Waals surface area contributed by atoms with E-state index in [-0.39, 0.29) is 30.2 Å². The number of primary amides is 1. The largest absolute Gasteiger partial charge is 0.496 e. The van der Waals surface area contributed by atoms with Gasteiger partial charge in [-0.1, -0.05) is 71.7 Å². The van der Waals surface area contributed by atoms with Crippen molar-refractivity contribution in [3.8, 4) is 5.75 Å². The number of aromatic nitrogens is 2. The number of para-hydroxylation sites is 1. The van der Waals surface area contributed by atoms with Crippen LogP contribution in [0.5, 0.6) is 5.75 Å². The average Bonchev–Trinajstić information content (AvgIpc) is 1.45. The van der Waals surface area contributed by atoms with Crippen molar-refractivity contribution in [3.05, 3.63) is 132 Å². The van der Waals surface area contributed by atoms with Crippen molar-refractivity contribution < 1.29 is 57.9 Å². The molecular formula is C73H87Br2ClN8O12. The Kier molecular flexibility index (Phi) is 18.7. The van der Waals surface area contributed by atoms with Gasteiger partial charge in [-0.05, 0) is 175 Å². The molecule has 1 unspecified atom stereocenters. The Morgan fingerprint density at radius 2 is 1.57 bits per heavy atom. The number of benzene rings is 3. The maximum atomic E-state index is 15.3. The van der Waals surface area contributed by atoms with Gasteiger partial charge in [-0.25, -0.2) is 9.59 Å². The zero-order valence-corrected chi connectivity index (χ0v) is 59.4. The quantitative estimate of drug-likeness (QED) is 0.0416. The van der Waals surface area contributed by atoms with Gasteiger partial charge in [0.15, 0.2) is 6.10 Å². The molecule has 0 radical (unpaired) electrons. The number of halogens is 3. The van der Waals surface area contributed by atoms with Gasteiger partial charge in [0.05, 0.1) is 44.4 Å². The highest BCUT2D eigenvalue weighted by Gasteiger charge is 2.81. The number of aryl methyl sites for hydroxylation is 2. The second kappa shape index (κ2) is 26.4. The van der Waals surface area contributed by atoms with E-state index < -0.39 is 63.5 Å². The number of aliphatic hydroxyl groups is 2. The molecule has 9 heterocycles. The van der Waals surface area contributed by atoms with E-state index in [1.54, 1.807) is 11.0 Å². The van der Waals surface area contributed by atoms with Crippen LogP contribution in [0, 0.1) is 23.2 Å². The number of hydrogen-bond donors (Lipinski definition) is 4. The van der Waals surface area contributed by atoms with E-state index >= 15 is 4.79 Å². The Morgan fingerprint density at radius 1 is 0.844 bits per heavy atom. The molecule has 5 fully saturated rings. The molecule has 4 amide bonds. The maximum absolute atomic E-state index is 15.3. The molecule has 2 aliphatic carbocycles. The molecule has 4 saturated heterocycles. The van der Waals surface area contributed by atoms with Crippen LogP contribution in [0.1, 0.15) is 136 Å². The number of piperidine rings is 3. The number of nitrogens with one attached hydrogen (secondary N) is 1. The molecule has 1 saturated carbocycles. The second-order valence-corrected chi connectivity index (χ2v) is 30.6. The topological polar surface area (TPSA) is 251 Å². The van der Waals surface area contributed by atoms with Crippen LogP contribution < -0.4 is 15.4 Å². The number of anilines is 1. The molecule has 3 aromatic carbocycles. The van der Waals surface area contributed by atoms with Crippen LogP contribution in [-0.4, -0.2) is 186 Å². The predicted molar refractivity (Wildman–Crippen MR) is 369 cm³/mol. The first kappa shape index (κ1) is 68.1. The average molecular weight is 1460 g/mol. The monoisotopic (exact) mass is 1460 g/mol. The summed E-state index contributed by atoms with van der Waals surface area (Å²) in [4.78, 5) is 99.3. The smallest absolute Gasteiger partial charge is 0.344 e. The van der Waals surface area contributed by atoms with Gasteiger partial charge in [0, 0.05) is 137 Å². The molecule has 512 valence electrons. The molecule has 2 bridgehead atoms. The minimum absolute atomic E-state index is 0.155. The third kappa shape index (κ3) is 11.1. The summed E-state index contributed by atoms with van der Waals surface area (Å²) in [5.74, 6) is -0.926. The Balaban J connectivity index is 0.000000197.